The topological polar surface area (TPSA) is 9.23 Å². The number of methoxy groups -OCH3 is 1. The average molecular weight is 261 g/mol. The van der Waals surface area contributed by atoms with Crippen LogP contribution >= 0.6 is 15.9 Å². The van der Waals surface area contributed by atoms with E-state index in [4.69, 9.17) is 4.74 Å². The van der Waals surface area contributed by atoms with Crippen LogP contribution in [0, 0.1) is 5.82 Å². The molecule has 0 spiro atoms. The third-order valence-electron chi connectivity index (χ3n) is 2.20. The van der Waals surface area contributed by atoms with Crippen LogP contribution in [0.4, 0.5) is 4.39 Å². The van der Waals surface area contributed by atoms with Crippen molar-refractivity contribution >= 4 is 15.9 Å². The van der Waals surface area contributed by atoms with Crippen molar-refractivity contribution in [3.05, 3.63) is 35.6 Å². The van der Waals surface area contributed by atoms with Crippen LogP contribution in [-0.4, -0.2) is 19.0 Å². The molecule has 1 nitrogen and oxygen atoms in total. The summed E-state index contributed by atoms with van der Waals surface area (Å²) in [5.74, 6) is 0.212. The summed E-state index contributed by atoms with van der Waals surface area (Å²) in [6.45, 7) is 0.730. The lowest BCUT2D eigenvalue weighted by atomic mass is 9.98. The minimum atomic E-state index is -0.186. The van der Waals surface area contributed by atoms with Crippen LogP contribution in [0.25, 0.3) is 0 Å². The predicted molar refractivity (Wildman–Crippen MR) is 59.4 cm³/mol. The second kappa shape index (κ2) is 6.14. The number of hydrogen-bond acceptors (Lipinski definition) is 1. The van der Waals surface area contributed by atoms with Gasteiger partial charge < -0.3 is 4.74 Å². The molecule has 1 aromatic carbocycles. The molecule has 0 amide bonds. The fourth-order valence-electron chi connectivity index (χ4n) is 1.33. The summed E-state index contributed by atoms with van der Waals surface area (Å²) in [4.78, 5) is 0. The molecule has 0 aliphatic rings. The number of ether oxygens (including phenoxy) is 1. The molecule has 1 atom stereocenters. The van der Waals surface area contributed by atoms with Gasteiger partial charge in [-0.25, -0.2) is 4.39 Å². The maximum absolute atomic E-state index is 12.7. The Morgan fingerprint density at radius 3 is 2.50 bits per heavy atom. The van der Waals surface area contributed by atoms with Gasteiger partial charge in [-0.3, -0.25) is 0 Å². The lowest BCUT2D eigenvalue weighted by molar-refractivity contribution is 0.190. The summed E-state index contributed by atoms with van der Waals surface area (Å²) in [6, 6.07) is 6.66. The Morgan fingerprint density at radius 2 is 2.00 bits per heavy atom. The highest BCUT2D eigenvalue weighted by Crippen LogP contribution is 2.22. The summed E-state index contributed by atoms with van der Waals surface area (Å²) < 4.78 is 17.7. The van der Waals surface area contributed by atoms with E-state index in [1.54, 1.807) is 7.11 Å². The summed E-state index contributed by atoms with van der Waals surface area (Å²) in [5.41, 5.74) is 1.15. The smallest absolute Gasteiger partial charge is 0.123 e. The maximum atomic E-state index is 12.7. The fourth-order valence-corrected chi connectivity index (χ4v) is 2.03. The molecule has 0 fully saturated rings. The Hall–Kier alpha value is -0.410. The van der Waals surface area contributed by atoms with E-state index >= 15 is 0 Å². The van der Waals surface area contributed by atoms with Crippen molar-refractivity contribution in [2.24, 2.45) is 0 Å². The molecule has 0 aromatic heterocycles. The molecule has 78 valence electrons. The number of rotatable bonds is 5. The van der Waals surface area contributed by atoms with Crippen LogP contribution in [0.5, 0.6) is 0 Å². The number of alkyl halides is 1. The predicted octanol–water partition coefficient (Wildman–Crippen LogP) is 3.34. The Kier molecular flexibility index (Phi) is 5.12. The second-order valence-electron chi connectivity index (χ2n) is 3.18. The molecule has 14 heavy (non-hydrogen) atoms. The normalized spacial score (nSPS) is 12.8. The summed E-state index contributed by atoms with van der Waals surface area (Å²) in [5, 5.41) is 0.877. The lowest BCUT2D eigenvalue weighted by Crippen LogP contribution is -2.04. The van der Waals surface area contributed by atoms with E-state index in [1.165, 1.54) is 12.1 Å². The molecule has 1 unspecified atom stereocenters. The van der Waals surface area contributed by atoms with Crippen LogP contribution < -0.4 is 0 Å². The number of benzene rings is 1. The summed E-state index contributed by atoms with van der Waals surface area (Å²) >= 11 is 3.45. The summed E-state index contributed by atoms with van der Waals surface area (Å²) in [7, 11) is 1.69. The minimum absolute atomic E-state index is 0.186. The van der Waals surface area contributed by atoms with Crippen LogP contribution in [0.15, 0.2) is 24.3 Å². The molecule has 0 heterocycles. The van der Waals surface area contributed by atoms with Gasteiger partial charge in [-0.05, 0) is 30.0 Å². The van der Waals surface area contributed by atoms with Gasteiger partial charge in [0.15, 0.2) is 0 Å². The zero-order valence-corrected chi connectivity index (χ0v) is 9.76. The van der Waals surface area contributed by atoms with Gasteiger partial charge in [0.05, 0.1) is 0 Å². The van der Waals surface area contributed by atoms with Crippen LogP contribution in [0.1, 0.15) is 17.9 Å². The van der Waals surface area contributed by atoms with E-state index in [0.29, 0.717) is 5.92 Å². The Labute approximate surface area is 92.4 Å². The zero-order chi connectivity index (χ0) is 10.4. The molecule has 0 saturated heterocycles. The molecule has 3 heteroatoms. The highest BCUT2D eigenvalue weighted by molar-refractivity contribution is 9.09. The van der Waals surface area contributed by atoms with E-state index < -0.39 is 0 Å². The van der Waals surface area contributed by atoms with Gasteiger partial charge in [-0.15, -0.1) is 0 Å². The number of hydrogen-bond donors (Lipinski definition) is 0. The van der Waals surface area contributed by atoms with Crippen molar-refractivity contribution in [3.63, 3.8) is 0 Å². The van der Waals surface area contributed by atoms with E-state index in [-0.39, 0.29) is 5.82 Å². The van der Waals surface area contributed by atoms with Crippen LogP contribution in [0.2, 0.25) is 0 Å². The first-order valence-electron chi connectivity index (χ1n) is 4.58. The quantitative estimate of drug-likeness (QED) is 0.738. The van der Waals surface area contributed by atoms with Crippen molar-refractivity contribution in [1.82, 2.24) is 0 Å². The molecule has 0 radical (unpaired) electrons. The van der Waals surface area contributed by atoms with E-state index in [9.17, 15) is 4.39 Å². The van der Waals surface area contributed by atoms with Crippen LogP contribution in [-0.2, 0) is 4.74 Å². The molecular weight excluding hydrogens is 247 g/mol. The van der Waals surface area contributed by atoms with Gasteiger partial charge >= 0.3 is 0 Å². The van der Waals surface area contributed by atoms with Gasteiger partial charge in [0.25, 0.3) is 0 Å². The molecule has 1 aromatic rings. The van der Waals surface area contributed by atoms with Gasteiger partial charge in [0, 0.05) is 19.0 Å². The second-order valence-corrected chi connectivity index (χ2v) is 3.83. The first kappa shape index (κ1) is 11.7. The molecule has 0 aliphatic carbocycles. The molecule has 0 bridgehead atoms. The lowest BCUT2D eigenvalue weighted by Gasteiger charge is -2.13. The molecule has 0 N–H and O–H groups in total. The van der Waals surface area contributed by atoms with Crippen molar-refractivity contribution in [2.45, 2.75) is 12.3 Å². The van der Waals surface area contributed by atoms with Crippen molar-refractivity contribution in [1.29, 1.82) is 0 Å². The largest absolute Gasteiger partial charge is 0.385 e. The highest BCUT2D eigenvalue weighted by atomic mass is 79.9. The Morgan fingerprint density at radius 1 is 1.36 bits per heavy atom. The molecule has 0 saturated carbocycles. The number of halogens is 2. The third kappa shape index (κ3) is 3.39. The molecule has 1 rings (SSSR count). The van der Waals surface area contributed by atoms with Crippen molar-refractivity contribution in [3.8, 4) is 0 Å². The standard InChI is InChI=1S/C11H14BrFO/c1-14-7-6-10(8-12)9-2-4-11(13)5-3-9/h2-5,10H,6-8H2,1H3. The monoisotopic (exact) mass is 260 g/mol. The zero-order valence-electron chi connectivity index (χ0n) is 8.17. The molecule has 0 aliphatic heterocycles. The first-order valence-corrected chi connectivity index (χ1v) is 5.70. The van der Waals surface area contributed by atoms with E-state index in [1.807, 2.05) is 12.1 Å². The SMILES string of the molecule is COCCC(CBr)c1ccc(F)cc1. The van der Waals surface area contributed by atoms with Crippen molar-refractivity contribution < 1.29 is 9.13 Å². The maximum Gasteiger partial charge on any atom is 0.123 e. The molecular formula is C11H14BrFO. The van der Waals surface area contributed by atoms with Crippen LogP contribution in [0.3, 0.4) is 0 Å². The first-order chi connectivity index (χ1) is 6.77. The van der Waals surface area contributed by atoms with Gasteiger partial charge in [0.2, 0.25) is 0 Å². The van der Waals surface area contributed by atoms with Gasteiger partial charge in [0.1, 0.15) is 5.82 Å². The third-order valence-corrected chi connectivity index (χ3v) is 2.98. The average Bonchev–Trinajstić information content (AvgIpc) is 2.21. The minimum Gasteiger partial charge on any atom is -0.385 e. The summed E-state index contributed by atoms with van der Waals surface area (Å²) in [6.07, 6.45) is 0.952. The van der Waals surface area contributed by atoms with Crippen molar-refractivity contribution in [2.75, 3.05) is 19.0 Å². The van der Waals surface area contributed by atoms with Gasteiger partial charge in [-0.1, -0.05) is 28.1 Å². The fraction of sp³-hybridized carbons (Fsp3) is 0.455. The van der Waals surface area contributed by atoms with E-state index in [2.05, 4.69) is 15.9 Å². The Balaban J connectivity index is 2.64. The highest BCUT2D eigenvalue weighted by Gasteiger charge is 2.09. The van der Waals surface area contributed by atoms with Gasteiger partial charge in [-0.2, -0.15) is 0 Å². The van der Waals surface area contributed by atoms with E-state index in [0.717, 1.165) is 23.9 Å². The Bertz CT molecular complexity index is 260.